The van der Waals surface area contributed by atoms with Crippen molar-refractivity contribution in [3.8, 4) is 0 Å². The van der Waals surface area contributed by atoms with E-state index >= 15 is 0 Å². The summed E-state index contributed by atoms with van der Waals surface area (Å²) in [4.78, 5) is 79.8. The van der Waals surface area contributed by atoms with E-state index in [-0.39, 0.29) is 30.0 Å². The van der Waals surface area contributed by atoms with Crippen LogP contribution in [0.4, 0.5) is 5.95 Å². The lowest BCUT2D eigenvalue weighted by molar-refractivity contribution is -0.0423. The van der Waals surface area contributed by atoms with Crippen LogP contribution in [0.15, 0.2) is 11.1 Å². The van der Waals surface area contributed by atoms with Crippen molar-refractivity contribution < 1.29 is 97.2 Å². The second-order valence-corrected chi connectivity index (χ2v) is 19.2. The Kier molecular flexibility index (Phi) is 14.6. The second-order valence-electron chi connectivity index (χ2n) is 9.76. The third kappa shape index (κ3) is 13.7. The van der Waals surface area contributed by atoms with Crippen LogP contribution in [0.3, 0.4) is 0 Å². The molecule has 0 saturated carbocycles. The average Bonchev–Trinajstić information content (AvgIpc) is 3.49. The highest BCUT2D eigenvalue weighted by molar-refractivity contribution is 7.72. The van der Waals surface area contributed by atoms with Crippen molar-refractivity contribution in [1.29, 1.82) is 0 Å². The number of H-pyrrole nitrogens is 1. The van der Waals surface area contributed by atoms with Gasteiger partial charge >= 0.3 is 46.9 Å². The van der Waals surface area contributed by atoms with Gasteiger partial charge in [0, 0.05) is 6.42 Å². The molecule has 1 saturated heterocycles. The van der Waals surface area contributed by atoms with Crippen LogP contribution >= 0.6 is 46.9 Å². The molecule has 0 amide bonds. The van der Waals surface area contributed by atoms with Gasteiger partial charge in [-0.15, -0.1) is 0 Å². The Morgan fingerprint density at radius 3 is 1.86 bits per heavy atom. The highest BCUT2D eigenvalue weighted by Crippen LogP contribution is 2.75. The highest BCUT2D eigenvalue weighted by atomic mass is 31.3. The maximum atomic E-state index is 12.3. The molecule has 0 aromatic carbocycles. The van der Waals surface area contributed by atoms with Crippen LogP contribution in [0.2, 0.25) is 0 Å². The van der Waals surface area contributed by atoms with Crippen LogP contribution in [0, 0.1) is 0 Å². The van der Waals surface area contributed by atoms with Crippen LogP contribution in [0.5, 0.6) is 0 Å². The molecule has 28 nitrogen and oxygen atoms in total. The van der Waals surface area contributed by atoms with Gasteiger partial charge in [-0.2, -0.15) is 26.5 Å². The quantitative estimate of drug-likeness (QED) is 0.0607. The minimum Gasteiger partial charge on any atom is -0.390 e. The van der Waals surface area contributed by atoms with E-state index in [0.29, 0.717) is 25.8 Å². The number of hydrogen-bond donors (Lipinski definition) is 10. The standard InChI is InChI=1S/C16H32N6O22P6/c17-5-3-1-2-4-6-37-45(25,26)40-47(29,30)42-49(33,34)44-50(35,36)43-48(31,32)41-46(27,28)38-8-11-10(23)7-12(39-11)22-9-19-13-14(22)20-16(18)21-15(13)24/h9-12,23H,1-8,17H2,(H,25,26)(H,27,28)(H,29,30)(H,31,32)(H,33,34)(H,35,36)(H3,18,20,21,24)/t10?,11-,12-/m1/s1. The normalized spacial score (nSPS) is 25.6. The molecule has 50 heavy (non-hydrogen) atoms. The monoisotopic (exact) mass is 846 g/mol. The summed E-state index contributed by atoms with van der Waals surface area (Å²) in [6, 6.07) is 0. The van der Waals surface area contributed by atoms with Crippen molar-refractivity contribution in [2.45, 2.75) is 50.5 Å². The van der Waals surface area contributed by atoms with Gasteiger partial charge in [0.1, 0.15) is 12.3 Å². The predicted octanol–water partition coefficient (Wildman–Crippen LogP) is 0.588. The van der Waals surface area contributed by atoms with E-state index in [4.69, 9.17) is 16.2 Å². The van der Waals surface area contributed by atoms with E-state index in [0.717, 1.165) is 6.33 Å². The number of aromatic amines is 1. The number of ether oxygens (including phenoxy) is 1. The topological polar surface area (TPSA) is 433 Å². The molecule has 9 atom stereocenters. The SMILES string of the molecule is NCCCCCCOP(=O)(O)OP(=O)(O)OP(=O)(O)OP(=O)(O)OP(=O)(O)OP(=O)(O)OC[C@H]1O[C@@H](n2cnc3c(=O)[nH]c(N)nc32)CC1O. The molecule has 0 bridgehead atoms. The van der Waals surface area contributed by atoms with Gasteiger partial charge in [-0.3, -0.25) is 23.4 Å². The minimum atomic E-state index is -6.44. The number of rotatable bonds is 21. The van der Waals surface area contributed by atoms with Crippen molar-refractivity contribution >= 4 is 64.0 Å². The summed E-state index contributed by atoms with van der Waals surface area (Å²) >= 11 is 0. The number of phosphoric ester groups is 2. The number of imidazole rings is 1. The first-order chi connectivity index (χ1) is 22.8. The lowest BCUT2D eigenvalue weighted by Crippen LogP contribution is -2.26. The van der Waals surface area contributed by atoms with E-state index in [1.54, 1.807) is 0 Å². The van der Waals surface area contributed by atoms with E-state index < -0.39 is 84.1 Å². The van der Waals surface area contributed by atoms with Gasteiger partial charge in [-0.1, -0.05) is 12.8 Å². The van der Waals surface area contributed by atoms with Gasteiger partial charge in [0.15, 0.2) is 11.2 Å². The summed E-state index contributed by atoms with van der Waals surface area (Å²) in [6.45, 7) is -1.16. The highest BCUT2D eigenvalue weighted by Gasteiger charge is 2.50. The predicted molar refractivity (Wildman–Crippen MR) is 161 cm³/mol. The number of nitrogen functional groups attached to an aromatic ring is 1. The zero-order valence-corrected chi connectivity index (χ0v) is 30.3. The summed E-state index contributed by atoms with van der Waals surface area (Å²) in [5, 5.41) is 10.3. The molecular formula is C16H32N6O22P6. The molecule has 3 rings (SSSR count). The Morgan fingerprint density at radius 1 is 0.820 bits per heavy atom. The largest absolute Gasteiger partial charge is 0.490 e. The maximum absolute atomic E-state index is 12.3. The van der Waals surface area contributed by atoms with Gasteiger partial charge < -0.3 is 50.7 Å². The molecular weight excluding hydrogens is 814 g/mol. The van der Waals surface area contributed by atoms with Crippen LogP contribution in [-0.4, -0.2) is 86.0 Å². The zero-order chi connectivity index (χ0) is 37.8. The van der Waals surface area contributed by atoms with E-state index in [2.05, 4.69) is 45.6 Å². The summed E-state index contributed by atoms with van der Waals surface area (Å²) in [7, 11) is -36.5. The van der Waals surface area contributed by atoms with Gasteiger partial charge in [0.05, 0.1) is 25.6 Å². The zero-order valence-electron chi connectivity index (χ0n) is 24.9. The van der Waals surface area contributed by atoms with Gasteiger partial charge in [-0.05, 0) is 19.4 Å². The fraction of sp³-hybridized carbons (Fsp3) is 0.688. The second kappa shape index (κ2) is 16.9. The number of aliphatic hydroxyl groups excluding tert-OH is 1. The number of nitrogens with zero attached hydrogens (tertiary/aromatic N) is 3. The fourth-order valence-corrected chi connectivity index (χ4v) is 11.7. The molecule has 2 aromatic rings. The van der Waals surface area contributed by atoms with Crippen LogP contribution < -0.4 is 17.0 Å². The van der Waals surface area contributed by atoms with E-state index in [1.165, 1.54) is 4.57 Å². The van der Waals surface area contributed by atoms with Crippen molar-refractivity contribution in [3.05, 3.63) is 16.7 Å². The Labute approximate surface area is 279 Å². The fourth-order valence-electron chi connectivity index (χ4n) is 3.90. The molecule has 7 unspecified atom stereocenters. The first-order valence-electron chi connectivity index (χ1n) is 13.4. The molecule has 12 N–H and O–H groups in total. The number of phosphoric acid groups is 6. The lowest BCUT2D eigenvalue weighted by atomic mass is 10.2. The van der Waals surface area contributed by atoms with Crippen LogP contribution in [0.25, 0.3) is 11.2 Å². The van der Waals surface area contributed by atoms with Crippen LogP contribution in [0.1, 0.15) is 38.3 Å². The van der Waals surface area contributed by atoms with Crippen molar-refractivity contribution in [1.82, 2.24) is 19.5 Å². The smallest absolute Gasteiger partial charge is 0.390 e. The molecule has 0 aliphatic carbocycles. The summed E-state index contributed by atoms with van der Waals surface area (Å²) in [5.74, 6) is -0.272. The van der Waals surface area contributed by atoms with Crippen molar-refractivity contribution in [2.75, 3.05) is 25.5 Å². The first kappa shape index (κ1) is 43.3. The summed E-state index contributed by atoms with van der Waals surface area (Å²) < 4.78 is 106. The van der Waals surface area contributed by atoms with Gasteiger partial charge in [0.25, 0.3) is 5.56 Å². The Balaban J connectivity index is 1.53. The Morgan fingerprint density at radius 2 is 1.32 bits per heavy atom. The number of nitrogens with one attached hydrogen (secondary N) is 1. The molecule has 1 aliphatic heterocycles. The lowest BCUT2D eigenvalue weighted by Gasteiger charge is -2.21. The Bertz CT molecular complexity index is 1850. The number of aliphatic hydroxyl groups is 1. The molecule has 0 spiro atoms. The Hall–Kier alpha value is -1.11. The summed E-state index contributed by atoms with van der Waals surface area (Å²) in [6.07, 6.45) is -1.22. The maximum Gasteiger partial charge on any atom is 0.490 e. The van der Waals surface area contributed by atoms with Gasteiger partial charge in [0.2, 0.25) is 5.95 Å². The van der Waals surface area contributed by atoms with Crippen molar-refractivity contribution in [2.24, 2.45) is 5.73 Å². The van der Waals surface area contributed by atoms with Crippen molar-refractivity contribution in [3.63, 3.8) is 0 Å². The number of anilines is 1. The molecule has 34 heteroatoms. The molecule has 2 aromatic heterocycles. The molecule has 1 aliphatic rings. The number of fused-ring (bicyclic) bond motifs is 1. The number of aromatic nitrogens is 4. The molecule has 1 fully saturated rings. The number of hydrogen-bond acceptors (Lipinski definition) is 20. The van der Waals surface area contributed by atoms with Gasteiger partial charge in [-0.25, -0.2) is 32.4 Å². The first-order valence-corrected chi connectivity index (χ1v) is 22.4. The van der Waals surface area contributed by atoms with E-state index in [9.17, 15) is 66.7 Å². The van der Waals surface area contributed by atoms with Crippen LogP contribution in [-0.2, 0) is 62.7 Å². The third-order valence-electron chi connectivity index (χ3n) is 5.75. The minimum absolute atomic E-state index is 0.0509. The molecule has 288 valence electrons. The number of nitrogens with two attached hydrogens (primary N) is 2. The number of unbranched alkanes of at least 4 members (excludes halogenated alkanes) is 3. The summed E-state index contributed by atoms with van der Waals surface area (Å²) in [5.41, 5.74) is 9.95. The third-order valence-corrected chi connectivity index (χ3v) is 15.0. The van der Waals surface area contributed by atoms with E-state index in [1.807, 2.05) is 0 Å². The molecule has 3 heterocycles. The average molecular weight is 846 g/mol. The molecule has 0 radical (unpaired) electrons.